The molecule has 3 unspecified atom stereocenters. The monoisotopic (exact) mass is 316 g/mol. The first kappa shape index (κ1) is 14.4. The quantitative estimate of drug-likeness (QED) is 0.667. The van der Waals surface area contributed by atoms with Gasteiger partial charge in [0.25, 0.3) is 0 Å². The predicted molar refractivity (Wildman–Crippen MR) is 69.7 cm³/mol. The Bertz CT molecular complexity index is 693. The van der Waals surface area contributed by atoms with Gasteiger partial charge in [-0.3, -0.25) is 10.1 Å². The highest BCUT2D eigenvalue weighted by Gasteiger charge is 2.42. The number of sulfonamides is 1. The van der Waals surface area contributed by atoms with Gasteiger partial charge in [0.2, 0.25) is 15.8 Å². The molecule has 1 aromatic carbocycles. The molecule has 2 saturated heterocycles. The Morgan fingerprint density at radius 2 is 2.14 bits per heavy atom. The van der Waals surface area contributed by atoms with E-state index in [-0.39, 0.29) is 23.1 Å². The van der Waals surface area contributed by atoms with E-state index in [9.17, 15) is 22.9 Å². The molecule has 7 nitrogen and oxygen atoms in total. The van der Waals surface area contributed by atoms with Crippen molar-refractivity contribution in [2.45, 2.75) is 42.4 Å². The minimum atomic E-state index is -3.92. The summed E-state index contributed by atoms with van der Waals surface area (Å²) in [5.41, 5.74) is -0.753. The zero-order valence-corrected chi connectivity index (χ0v) is 11.7. The average molecular weight is 316 g/mol. The summed E-state index contributed by atoms with van der Waals surface area (Å²) in [4.78, 5) is 9.31. The minimum Gasteiger partial charge on any atom is -0.373 e. The molecule has 1 N–H and O–H groups in total. The molecule has 3 rings (SSSR count). The molecule has 0 aromatic heterocycles. The van der Waals surface area contributed by atoms with Gasteiger partial charge in [0.1, 0.15) is 0 Å². The summed E-state index contributed by atoms with van der Waals surface area (Å²) >= 11 is 0. The molecule has 0 saturated carbocycles. The maximum Gasteiger partial charge on any atom is 0.304 e. The van der Waals surface area contributed by atoms with Crippen molar-refractivity contribution in [3.63, 3.8) is 0 Å². The number of nitrogens with one attached hydrogen (secondary N) is 1. The van der Waals surface area contributed by atoms with Gasteiger partial charge >= 0.3 is 5.69 Å². The lowest BCUT2D eigenvalue weighted by Crippen LogP contribution is -2.41. The van der Waals surface area contributed by atoms with E-state index in [1.54, 1.807) is 0 Å². The fraction of sp³-hybridized carbons (Fsp3) is 0.500. The minimum absolute atomic E-state index is 0.0799. The van der Waals surface area contributed by atoms with Gasteiger partial charge in [-0.1, -0.05) is 0 Å². The number of halogens is 1. The predicted octanol–water partition coefficient (Wildman–Crippen LogP) is 1.33. The van der Waals surface area contributed by atoms with E-state index in [1.807, 2.05) is 0 Å². The molecule has 114 valence electrons. The number of fused-ring (bicyclic) bond motifs is 2. The third kappa shape index (κ3) is 2.63. The zero-order valence-electron chi connectivity index (χ0n) is 10.9. The summed E-state index contributed by atoms with van der Waals surface area (Å²) in [6.45, 7) is 0. The number of nitro benzene ring substituents is 1. The van der Waals surface area contributed by atoms with Crippen LogP contribution in [0.25, 0.3) is 0 Å². The summed E-state index contributed by atoms with van der Waals surface area (Å²) in [5.74, 6) is -1.17. The standard InChI is InChI=1S/C12H13FN2O5S/c13-9-6-8(2-3-11(9)15(16)17)21(18,19)14-10-5-7-1-4-12(10)20-7/h2-3,6-7,10,12,14H,1,4-5H2. The first-order valence-electron chi connectivity index (χ1n) is 6.48. The molecular formula is C12H13FN2O5S. The fourth-order valence-corrected chi connectivity index (χ4v) is 4.12. The molecule has 2 fully saturated rings. The molecule has 2 aliphatic rings. The van der Waals surface area contributed by atoms with Gasteiger partial charge in [-0.2, -0.15) is 4.39 Å². The summed E-state index contributed by atoms with van der Waals surface area (Å²) in [6.07, 6.45) is 2.25. The van der Waals surface area contributed by atoms with E-state index in [0.29, 0.717) is 12.5 Å². The fourth-order valence-electron chi connectivity index (χ4n) is 2.83. The van der Waals surface area contributed by atoms with Crippen LogP contribution >= 0.6 is 0 Å². The van der Waals surface area contributed by atoms with Crippen LogP contribution in [0.1, 0.15) is 19.3 Å². The second-order valence-electron chi connectivity index (χ2n) is 5.21. The Labute approximate surface area is 120 Å². The van der Waals surface area contributed by atoms with Crippen LogP contribution in [-0.2, 0) is 14.8 Å². The van der Waals surface area contributed by atoms with E-state index in [1.165, 1.54) is 0 Å². The number of hydrogen-bond donors (Lipinski definition) is 1. The molecule has 0 radical (unpaired) electrons. The van der Waals surface area contributed by atoms with Crippen molar-refractivity contribution in [1.29, 1.82) is 0 Å². The van der Waals surface area contributed by atoms with E-state index in [0.717, 1.165) is 25.0 Å². The van der Waals surface area contributed by atoms with E-state index < -0.39 is 26.5 Å². The van der Waals surface area contributed by atoms with E-state index >= 15 is 0 Å². The van der Waals surface area contributed by atoms with Crippen LogP contribution in [0.3, 0.4) is 0 Å². The Hall–Kier alpha value is -1.58. The molecule has 2 heterocycles. The highest BCUT2D eigenvalue weighted by atomic mass is 32.2. The van der Waals surface area contributed by atoms with Crippen molar-refractivity contribution in [3.05, 3.63) is 34.1 Å². The topological polar surface area (TPSA) is 98.5 Å². The highest BCUT2D eigenvalue weighted by Crippen LogP contribution is 2.35. The highest BCUT2D eigenvalue weighted by molar-refractivity contribution is 7.89. The number of nitro groups is 1. The molecule has 2 aliphatic heterocycles. The Morgan fingerprint density at radius 3 is 2.67 bits per heavy atom. The van der Waals surface area contributed by atoms with Gasteiger partial charge in [-0.25, -0.2) is 13.1 Å². The number of ether oxygens (including phenoxy) is 1. The van der Waals surface area contributed by atoms with Crippen molar-refractivity contribution >= 4 is 15.7 Å². The smallest absolute Gasteiger partial charge is 0.304 e. The van der Waals surface area contributed by atoms with Crippen molar-refractivity contribution < 1.29 is 22.5 Å². The van der Waals surface area contributed by atoms with Gasteiger partial charge in [0, 0.05) is 12.1 Å². The van der Waals surface area contributed by atoms with Crippen molar-refractivity contribution in [2.24, 2.45) is 0 Å². The maximum atomic E-state index is 13.5. The summed E-state index contributed by atoms with van der Waals surface area (Å²) in [5, 5.41) is 10.5. The third-order valence-corrected chi connectivity index (χ3v) is 5.33. The third-order valence-electron chi connectivity index (χ3n) is 3.84. The van der Waals surface area contributed by atoms with Crippen molar-refractivity contribution in [2.75, 3.05) is 0 Å². The second kappa shape index (κ2) is 5.00. The first-order chi connectivity index (χ1) is 9.87. The maximum absolute atomic E-state index is 13.5. The van der Waals surface area contributed by atoms with Crippen LogP contribution in [0.15, 0.2) is 23.1 Å². The zero-order chi connectivity index (χ0) is 15.2. The lowest BCUT2D eigenvalue weighted by Gasteiger charge is -2.19. The van der Waals surface area contributed by atoms with Gasteiger partial charge in [-0.15, -0.1) is 0 Å². The Morgan fingerprint density at radius 1 is 1.38 bits per heavy atom. The normalized spacial score (nSPS) is 28.0. The summed E-state index contributed by atoms with van der Waals surface area (Å²) in [6, 6.07) is 2.21. The van der Waals surface area contributed by atoms with E-state index in [2.05, 4.69) is 4.72 Å². The molecule has 1 aromatic rings. The van der Waals surface area contributed by atoms with Crippen LogP contribution in [0.2, 0.25) is 0 Å². The van der Waals surface area contributed by atoms with Gasteiger partial charge in [0.15, 0.2) is 0 Å². The van der Waals surface area contributed by atoms with Crippen LogP contribution in [0, 0.1) is 15.9 Å². The second-order valence-corrected chi connectivity index (χ2v) is 6.92. The molecule has 0 amide bonds. The largest absolute Gasteiger partial charge is 0.373 e. The number of hydrogen-bond acceptors (Lipinski definition) is 5. The van der Waals surface area contributed by atoms with Crippen molar-refractivity contribution in [1.82, 2.24) is 4.72 Å². The summed E-state index contributed by atoms with van der Waals surface area (Å²) < 4.78 is 46.0. The average Bonchev–Trinajstić information content (AvgIpc) is 2.99. The van der Waals surface area contributed by atoms with Gasteiger partial charge < -0.3 is 4.74 Å². The first-order valence-corrected chi connectivity index (χ1v) is 7.97. The molecule has 0 spiro atoms. The lowest BCUT2D eigenvalue weighted by atomic mass is 9.96. The van der Waals surface area contributed by atoms with Crippen LogP contribution in [0.4, 0.5) is 10.1 Å². The van der Waals surface area contributed by atoms with Crippen molar-refractivity contribution in [3.8, 4) is 0 Å². The number of rotatable bonds is 4. The van der Waals surface area contributed by atoms with Crippen LogP contribution < -0.4 is 4.72 Å². The lowest BCUT2D eigenvalue weighted by molar-refractivity contribution is -0.387. The molecule has 3 atom stereocenters. The molecule has 21 heavy (non-hydrogen) atoms. The molecule has 9 heteroatoms. The Balaban J connectivity index is 1.82. The molecule has 0 aliphatic carbocycles. The van der Waals surface area contributed by atoms with Crippen LogP contribution in [0.5, 0.6) is 0 Å². The van der Waals surface area contributed by atoms with Crippen LogP contribution in [-0.4, -0.2) is 31.6 Å². The van der Waals surface area contributed by atoms with Gasteiger partial charge in [0.05, 0.1) is 28.1 Å². The van der Waals surface area contributed by atoms with Gasteiger partial charge in [-0.05, 0) is 25.3 Å². The molecular weight excluding hydrogens is 303 g/mol. The number of benzene rings is 1. The Kier molecular flexibility index (Phi) is 3.42. The SMILES string of the molecule is O=[N+]([O-])c1ccc(S(=O)(=O)NC2CC3CCC2O3)cc1F. The molecule has 2 bridgehead atoms. The number of nitrogens with zero attached hydrogens (tertiary/aromatic N) is 1. The van der Waals surface area contributed by atoms with E-state index in [4.69, 9.17) is 4.74 Å². The summed E-state index contributed by atoms with van der Waals surface area (Å²) in [7, 11) is -3.92.